The van der Waals surface area contributed by atoms with E-state index in [0.29, 0.717) is 6.04 Å². The van der Waals surface area contributed by atoms with Gasteiger partial charge in [-0.15, -0.1) is 11.8 Å². The number of rotatable bonds is 5. The minimum absolute atomic E-state index is 0.0741. The highest BCUT2D eigenvalue weighted by Crippen LogP contribution is 2.53. The SMILES string of the molecule is CCC[C@H](N)C1S[C@]1(O)C(=O)NC1CC1. The van der Waals surface area contributed by atoms with Gasteiger partial charge >= 0.3 is 0 Å². The van der Waals surface area contributed by atoms with Gasteiger partial charge in [0, 0.05) is 12.1 Å². The summed E-state index contributed by atoms with van der Waals surface area (Å²) < 4.78 is 0. The summed E-state index contributed by atoms with van der Waals surface area (Å²) in [5.74, 6) is -0.244. The lowest BCUT2D eigenvalue weighted by Gasteiger charge is -2.12. The summed E-state index contributed by atoms with van der Waals surface area (Å²) in [6, 6.07) is 0.223. The molecule has 15 heavy (non-hydrogen) atoms. The van der Waals surface area contributed by atoms with Crippen LogP contribution in [0.25, 0.3) is 0 Å². The van der Waals surface area contributed by atoms with Gasteiger partial charge in [0.15, 0.2) is 0 Å². The topological polar surface area (TPSA) is 75.3 Å². The summed E-state index contributed by atoms with van der Waals surface area (Å²) in [6.07, 6.45) is 3.92. The highest BCUT2D eigenvalue weighted by molar-refractivity contribution is 8.09. The molecular formula is C10H18N2O2S. The third kappa shape index (κ3) is 2.29. The van der Waals surface area contributed by atoms with Crippen LogP contribution >= 0.6 is 11.8 Å². The number of hydrogen-bond acceptors (Lipinski definition) is 4. The minimum atomic E-state index is -1.24. The van der Waals surface area contributed by atoms with Gasteiger partial charge in [0.1, 0.15) is 0 Å². The molecule has 1 aliphatic carbocycles. The van der Waals surface area contributed by atoms with Crippen molar-refractivity contribution in [3.63, 3.8) is 0 Å². The number of carbonyl (C=O) groups is 1. The molecule has 0 spiro atoms. The van der Waals surface area contributed by atoms with Gasteiger partial charge in [0.25, 0.3) is 5.91 Å². The van der Waals surface area contributed by atoms with E-state index in [-0.39, 0.29) is 17.2 Å². The average Bonchev–Trinajstić information content (AvgIpc) is 3.03. The molecule has 4 nitrogen and oxygen atoms in total. The summed E-state index contributed by atoms with van der Waals surface area (Å²) in [4.78, 5) is 10.4. The summed E-state index contributed by atoms with van der Waals surface area (Å²) >= 11 is 1.28. The molecule has 2 rings (SSSR count). The quantitative estimate of drug-likeness (QED) is 0.590. The predicted octanol–water partition coefficient (Wildman–Crippen LogP) is 0.196. The monoisotopic (exact) mass is 230 g/mol. The Morgan fingerprint density at radius 2 is 2.40 bits per heavy atom. The summed E-state index contributed by atoms with van der Waals surface area (Å²) in [5, 5.41) is 12.7. The van der Waals surface area contributed by atoms with E-state index in [2.05, 4.69) is 12.2 Å². The molecule has 4 N–H and O–H groups in total. The molecular weight excluding hydrogens is 212 g/mol. The summed E-state index contributed by atoms with van der Waals surface area (Å²) in [5.41, 5.74) is 5.89. The van der Waals surface area contributed by atoms with E-state index in [0.717, 1.165) is 25.7 Å². The molecule has 0 bridgehead atoms. The number of carbonyl (C=O) groups excluding carboxylic acids is 1. The fraction of sp³-hybridized carbons (Fsp3) is 0.900. The van der Waals surface area contributed by atoms with Gasteiger partial charge in [0.05, 0.1) is 5.25 Å². The maximum absolute atomic E-state index is 11.7. The van der Waals surface area contributed by atoms with Gasteiger partial charge in [-0.2, -0.15) is 0 Å². The van der Waals surface area contributed by atoms with Crippen LogP contribution in [0, 0.1) is 0 Å². The lowest BCUT2D eigenvalue weighted by atomic mass is 10.1. The van der Waals surface area contributed by atoms with E-state index < -0.39 is 4.93 Å². The fourth-order valence-electron chi connectivity index (χ4n) is 1.72. The first-order chi connectivity index (χ1) is 7.08. The van der Waals surface area contributed by atoms with Crippen molar-refractivity contribution in [1.82, 2.24) is 5.32 Å². The van der Waals surface area contributed by atoms with Crippen LogP contribution < -0.4 is 11.1 Å². The standard InChI is InChI=1S/C10H18N2O2S/c1-2-3-7(11)8-10(14,15-8)9(13)12-6-4-5-6/h6-8,14H,2-5,11H2,1H3,(H,12,13)/t7-,8?,10-/m0/s1. The molecule has 0 radical (unpaired) electrons. The molecule has 1 aliphatic heterocycles. The second-order valence-electron chi connectivity index (χ2n) is 4.44. The van der Waals surface area contributed by atoms with Gasteiger partial charge in [-0.1, -0.05) is 13.3 Å². The van der Waals surface area contributed by atoms with Gasteiger partial charge in [-0.3, -0.25) is 4.79 Å². The summed E-state index contributed by atoms with van der Waals surface area (Å²) in [6.45, 7) is 2.05. The van der Waals surface area contributed by atoms with Crippen LogP contribution in [0.4, 0.5) is 0 Å². The molecule has 0 aromatic carbocycles. The third-order valence-corrected chi connectivity index (χ3v) is 4.37. The Morgan fingerprint density at radius 1 is 1.73 bits per heavy atom. The van der Waals surface area contributed by atoms with Crippen LogP contribution in [0.3, 0.4) is 0 Å². The molecule has 0 aromatic rings. The lowest BCUT2D eigenvalue weighted by Crippen LogP contribution is -2.43. The predicted molar refractivity (Wildman–Crippen MR) is 60.4 cm³/mol. The zero-order valence-electron chi connectivity index (χ0n) is 8.90. The van der Waals surface area contributed by atoms with E-state index >= 15 is 0 Å². The molecule has 1 amide bonds. The van der Waals surface area contributed by atoms with Crippen LogP contribution in [-0.2, 0) is 4.79 Å². The number of hydrogen-bond donors (Lipinski definition) is 3. The maximum atomic E-state index is 11.7. The van der Waals surface area contributed by atoms with Crippen LogP contribution in [0.5, 0.6) is 0 Å². The number of amides is 1. The molecule has 5 heteroatoms. The molecule has 1 saturated carbocycles. The Bertz CT molecular complexity index is 270. The van der Waals surface area contributed by atoms with Gasteiger partial charge in [-0.25, -0.2) is 0 Å². The lowest BCUT2D eigenvalue weighted by molar-refractivity contribution is -0.130. The minimum Gasteiger partial charge on any atom is -0.370 e. The normalized spacial score (nSPS) is 36.1. The Kier molecular flexibility index (Phi) is 2.96. The number of aliphatic hydroxyl groups is 1. The van der Waals surface area contributed by atoms with E-state index in [1.165, 1.54) is 11.8 Å². The van der Waals surface area contributed by atoms with Crippen molar-refractivity contribution in [2.45, 2.75) is 54.9 Å². The first kappa shape index (κ1) is 11.2. The second kappa shape index (κ2) is 3.96. The Balaban J connectivity index is 1.84. The molecule has 1 heterocycles. The van der Waals surface area contributed by atoms with Crippen molar-refractivity contribution in [2.24, 2.45) is 5.73 Å². The van der Waals surface area contributed by atoms with Crippen molar-refractivity contribution < 1.29 is 9.90 Å². The number of nitrogens with two attached hydrogens (primary N) is 1. The van der Waals surface area contributed by atoms with Crippen LogP contribution in [-0.4, -0.2) is 33.3 Å². The molecule has 1 unspecified atom stereocenters. The molecule has 0 aromatic heterocycles. The average molecular weight is 230 g/mol. The Hall–Kier alpha value is -0.260. The van der Waals surface area contributed by atoms with Gasteiger partial charge in [-0.05, 0) is 19.3 Å². The summed E-state index contributed by atoms with van der Waals surface area (Å²) in [7, 11) is 0. The van der Waals surface area contributed by atoms with Crippen LogP contribution in [0.15, 0.2) is 0 Å². The highest BCUT2D eigenvalue weighted by atomic mass is 32.2. The second-order valence-corrected chi connectivity index (χ2v) is 5.80. The molecule has 3 atom stereocenters. The molecule has 2 fully saturated rings. The highest BCUT2D eigenvalue weighted by Gasteiger charge is 2.63. The Labute approximate surface area is 94.0 Å². The van der Waals surface area contributed by atoms with Crippen molar-refractivity contribution in [3.8, 4) is 0 Å². The van der Waals surface area contributed by atoms with Crippen LogP contribution in [0.1, 0.15) is 32.6 Å². The molecule has 2 aliphatic rings. The first-order valence-electron chi connectivity index (χ1n) is 5.54. The van der Waals surface area contributed by atoms with E-state index in [4.69, 9.17) is 5.73 Å². The maximum Gasteiger partial charge on any atom is 0.264 e. The van der Waals surface area contributed by atoms with Crippen molar-refractivity contribution in [2.75, 3.05) is 0 Å². The zero-order chi connectivity index (χ0) is 11.1. The zero-order valence-corrected chi connectivity index (χ0v) is 9.72. The van der Waals surface area contributed by atoms with Gasteiger partial charge < -0.3 is 16.2 Å². The number of nitrogens with one attached hydrogen (secondary N) is 1. The smallest absolute Gasteiger partial charge is 0.264 e. The molecule has 86 valence electrons. The van der Waals surface area contributed by atoms with Crippen molar-refractivity contribution in [3.05, 3.63) is 0 Å². The Morgan fingerprint density at radius 3 is 2.93 bits per heavy atom. The fourth-order valence-corrected chi connectivity index (χ4v) is 2.80. The molecule has 1 saturated heterocycles. The van der Waals surface area contributed by atoms with E-state index in [1.54, 1.807) is 0 Å². The first-order valence-corrected chi connectivity index (χ1v) is 6.42. The largest absolute Gasteiger partial charge is 0.370 e. The van der Waals surface area contributed by atoms with E-state index in [1.807, 2.05) is 0 Å². The van der Waals surface area contributed by atoms with Crippen molar-refractivity contribution in [1.29, 1.82) is 0 Å². The van der Waals surface area contributed by atoms with Crippen molar-refractivity contribution >= 4 is 17.7 Å². The van der Waals surface area contributed by atoms with E-state index in [9.17, 15) is 9.90 Å². The van der Waals surface area contributed by atoms with Crippen LogP contribution in [0.2, 0.25) is 0 Å². The van der Waals surface area contributed by atoms with Gasteiger partial charge in [0.2, 0.25) is 4.93 Å². The third-order valence-electron chi connectivity index (χ3n) is 2.88. The number of thioether (sulfide) groups is 1.